The minimum absolute atomic E-state index is 0.0359. The molecule has 0 spiro atoms. The summed E-state index contributed by atoms with van der Waals surface area (Å²) in [5.41, 5.74) is 0. The van der Waals surface area contributed by atoms with Gasteiger partial charge in [-0.05, 0) is 0 Å². The zero-order valence-electron chi connectivity index (χ0n) is 6.98. The number of carbonyl (C=O) groups is 1. The number of nitrogens with zero attached hydrogens (tertiary/aromatic N) is 4. The number of alkyl halides is 1. The van der Waals surface area contributed by atoms with Crippen LogP contribution in [0, 0.1) is 0 Å². The van der Waals surface area contributed by atoms with E-state index in [1.165, 1.54) is 0 Å². The van der Waals surface area contributed by atoms with Crippen molar-refractivity contribution in [2.75, 3.05) is 12.4 Å². The quantitative estimate of drug-likeness (QED) is 0.593. The van der Waals surface area contributed by atoms with Crippen molar-refractivity contribution in [1.82, 2.24) is 19.7 Å². The fraction of sp³-hybridized carbons (Fsp3) is 0.571. The van der Waals surface area contributed by atoms with Crippen LogP contribution >= 0.6 is 11.6 Å². The van der Waals surface area contributed by atoms with E-state index in [9.17, 15) is 4.79 Å². The van der Waals surface area contributed by atoms with Gasteiger partial charge in [0.1, 0.15) is 12.2 Å². The molecule has 0 fully saturated rings. The molecule has 0 unspecified atom stereocenters. The van der Waals surface area contributed by atoms with Gasteiger partial charge >= 0.3 is 0 Å². The van der Waals surface area contributed by atoms with Crippen LogP contribution in [0.25, 0.3) is 0 Å². The van der Waals surface area contributed by atoms with E-state index in [0.29, 0.717) is 13.1 Å². The van der Waals surface area contributed by atoms with Gasteiger partial charge < -0.3 is 9.47 Å². The van der Waals surface area contributed by atoms with Crippen molar-refractivity contribution >= 4 is 17.5 Å². The van der Waals surface area contributed by atoms with Crippen LogP contribution in [0.15, 0.2) is 6.33 Å². The van der Waals surface area contributed by atoms with Crippen molar-refractivity contribution in [3.63, 3.8) is 0 Å². The summed E-state index contributed by atoms with van der Waals surface area (Å²) in [4.78, 5) is 12.9. The van der Waals surface area contributed by atoms with Gasteiger partial charge in [-0.3, -0.25) is 4.79 Å². The largest absolute Gasteiger partial charge is 0.332 e. The molecule has 1 aromatic heterocycles. The first-order valence-corrected chi connectivity index (χ1v) is 4.55. The number of halogens is 1. The molecule has 0 atom stereocenters. The minimum Gasteiger partial charge on any atom is -0.332 e. The van der Waals surface area contributed by atoms with Crippen LogP contribution in [0.1, 0.15) is 5.82 Å². The van der Waals surface area contributed by atoms with Crippen molar-refractivity contribution in [3.05, 3.63) is 12.2 Å². The molecular weight excluding hydrogens is 192 g/mol. The van der Waals surface area contributed by atoms with E-state index < -0.39 is 0 Å². The Bertz CT molecular complexity index is 324. The Balaban J connectivity index is 2.13. The molecule has 2 heterocycles. The topological polar surface area (TPSA) is 51.0 Å². The van der Waals surface area contributed by atoms with E-state index in [2.05, 4.69) is 10.2 Å². The molecule has 1 amide bonds. The van der Waals surface area contributed by atoms with Gasteiger partial charge in [-0.25, -0.2) is 0 Å². The second kappa shape index (κ2) is 3.33. The van der Waals surface area contributed by atoms with Crippen molar-refractivity contribution < 1.29 is 4.79 Å². The van der Waals surface area contributed by atoms with Gasteiger partial charge in [0, 0.05) is 13.1 Å². The summed E-state index contributed by atoms with van der Waals surface area (Å²) in [6.07, 6.45) is 1.68. The maximum atomic E-state index is 11.2. The number of rotatable bonds is 1. The summed E-state index contributed by atoms with van der Waals surface area (Å²) < 4.78 is 1.94. The highest BCUT2D eigenvalue weighted by Gasteiger charge is 2.20. The van der Waals surface area contributed by atoms with E-state index >= 15 is 0 Å². The van der Waals surface area contributed by atoms with E-state index in [0.717, 1.165) is 12.4 Å². The summed E-state index contributed by atoms with van der Waals surface area (Å²) in [5.74, 6) is 0.814. The van der Waals surface area contributed by atoms with E-state index in [1.54, 1.807) is 11.2 Å². The van der Waals surface area contributed by atoms with Gasteiger partial charge in [0.25, 0.3) is 0 Å². The molecule has 0 bridgehead atoms. The molecule has 1 aromatic rings. The molecule has 2 rings (SSSR count). The zero-order valence-corrected chi connectivity index (χ0v) is 7.74. The van der Waals surface area contributed by atoms with Crippen molar-refractivity contribution in [2.24, 2.45) is 0 Å². The van der Waals surface area contributed by atoms with Gasteiger partial charge in [0.05, 0.1) is 6.54 Å². The Morgan fingerprint density at radius 3 is 3.23 bits per heavy atom. The molecule has 0 N–H and O–H groups in total. The predicted octanol–water partition coefficient (Wildman–Crippen LogP) is -0.141. The maximum absolute atomic E-state index is 11.2. The van der Waals surface area contributed by atoms with E-state index in [4.69, 9.17) is 11.6 Å². The Morgan fingerprint density at radius 1 is 1.62 bits per heavy atom. The molecule has 6 heteroatoms. The van der Waals surface area contributed by atoms with Crippen molar-refractivity contribution in [3.8, 4) is 0 Å². The second-order valence-electron chi connectivity index (χ2n) is 2.89. The van der Waals surface area contributed by atoms with Gasteiger partial charge in [0.2, 0.25) is 5.91 Å². The fourth-order valence-electron chi connectivity index (χ4n) is 1.36. The van der Waals surface area contributed by atoms with Crippen LogP contribution in [0.3, 0.4) is 0 Å². The Labute approximate surface area is 80.3 Å². The first-order chi connectivity index (χ1) is 6.31. The van der Waals surface area contributed by atoms with E-state index in [-0.39, 0.29) is 11.8 Å². The Morgan fingerprint density at radius 2 is 2.46 bits per heavy atom. The fourth-order valence-corrected chi connectivity index (χ4v) is 1.53. The van der Waals surface area contributed by atoms with Crippen LogP contribution in [0.2, 0.25) is 0 Å². The normalized spacial score (nSPS) is 15.6. The summed E-state index contributed by atoms with van der Waals surface area (Å²) in [5, 5.41) is 7.67. The van der Waals surface area contributed by atoms with Crippen molar-refractivity contribution in [1.29, 1.82) is 0 Å². The number of carbonyl (C=O) groups excluding carboxylic acids is 1. The first-order valence-electron chi connectivity index (χ1n) is 4.01. The third-order valence-corrected chi connectivity index (χ3v) is 2.33. The van der Waals surface area contributed by atoms with E-state index in [1.807, 2.05) is 4.57 Å². The predicted molar refractivity (Wildman–Crippen MR) is 46.2 cm³/mol. The van der Waals surface area contributed by atoms with Crippen molar-refractivity contribution in [2.45, 2.75) is 13.1 Å². The molecule has 13 heavy (non-hydrogen) atoms. The number of amides is 1. The van der Waals surface area contributed by atoms with Crippen LogP contribution in [-0.4, -0.2) is 38.0 Å². The number of hydrogen-bond acceptors (Lipinski definition) is 3. The standard InChI is InChI=1S/C7H9ClN4O/c8-3-7(13)11-1-2-12-5-9-10-6(12)4-11/h5H,1-4H2. The Hall–Kier alpha value is -1.10. The third kappa shape index (κ3) is 1.51. The monoisotopic (exact) mass is 200 g/mol. The summed E-state index contributed by atoms with van der Waals surface area (Å²) in [7, 11) is 0. The van der Waals surface area contributed by atoms with Crippen LogP contribution < -0.4 is 0 Å². The molecule has 0 aromatic carbocycles. The maximum Gasteiger partial charge on any atom is 0.237 e. The summed E-state index contributed by atoms with van der Waals surface area (Å²) in [6.45, 7) is 1.97. The number of aromatic nitrogens is 3. The highest BCUT2D eigenvalue weighted by Crippen LogP contribution is 2.09. The molecule has 5 nitrogen and oxygen atoms in total. The lowest BCUT2D eigenvalue weighted by molar-refractivity contribution is -0.129. The molecular formula is C7H9ClN4O. The zero-order chi connectivity index (χ0) is 9.26. The van der Waals surface area contributed by atoms with Crippen LogP contribution in [0.5, 0.6) is 0 Å². The van der Waals surface area contributed by atoms with Gasteiger partial charge in [-0.1, -0.05) is 0 Å². The molecule has 0 radical (unpaired) electrons. The highest BCUT2D eigenvalue weighted by atomic mass is 35.5. The summed E-state index contributed by atoms with van der Waals surface area (Å²) in [6, 6.07) is 0. The lowest BCUT2D eigenvalue weighted by Crippen LogP contribution is -2.38. The third-order valence-electron chi connectivity index (χ3n) is 2.11. The van der Waals surface area contributed by atoms with Gasteiger partial charge in [0.15, 0.2) is 5.82 Å². The van der Waals surface area contributed by atoms with Gasteiger partial charge in [-0.15, -0.1) is 21.8 Å². The molecule has 0 aliphatic carbocycles. The van der Waals surface area contributed by atoms with Crippen LogP contribution in [0.4, 0.5) is 0 Å². The molecule has 1 aliphatic rings. The average Bonchev–Trinajstić information content (AvgIpc) is 2.63. The van der Waals surface area contributed by atoms with Gasteiger partial charge in [-0.2, -0.15) is 0 Å². The first kappa shape index (κ1) is 8.50. The Kier molecular flexibility index (Phi) is 2.18. The average molecular weight is 201 g/mol. The molecule has 0 saturated carbocycles. The second-order valence-corrected chi connectivity index (χ2v) is 3.16. The minimum atomic E-state index is -0.0454. The lowest BCUT2D eigenvalue weighted by Gasteiger charge is -2.26. The highest BCUT2D eigenvalue weighted by molar-refractivity contribution is 6.27. The smallest absolute Gasteiger partial charge is 0.237 e. The molecule has 1 aliphatic heterocycles. The summed E-state index contributed by atoms with van der Waals surface area (Å²) >= 11 is 5.45. The van der Waals surface area contributed by atoms with Crippen LogP contribution in [-0.2, 0) is 17.9 Å². The lowest BCUT2D eigenvalue weighted by atomic mass is 10.3. The molecule has 70 valence electrons. The SMILES string of the molecule is O=C(CCl)N1CCn2cnnc2C1. The molecule has 0 saturated heterocycles. The number of hydrogen-bond donors (Lipinski definition) is 0. The number of fused-ring (bicyclic) bond motifs is 1.